The van der Waals surface area contributed by atoms with Crippen LogP contribution in [0.15, 0.2) is 36.4 Å². The van der Waals surface area contributed by atoms with Gasteiger partial charge in [0.25, 0.3) is 0 Å². The molecular formula is C15H12N2S. The Morgan fingerprint density at radius 2 is 2.00 bits per heavy atom. The summed E-state index contributed by atoms with van der Waals surface area (Å²) in [6.07, 6.45) is 0.943. The highest BCUT2D eigenvalue weighted by molar-refractivity contribution is 7.26. The first-order valence-electron chi connectivity index (χ1n) is 6.15. The fourth-order valence-electron chi connectivity index (χ4n) is 2.50. The van der Waals surface area contributed by atoms with Gasteiger partial charge in [-0.2, -0.15) is 0 Å². The van der Waals surface area contributed by atoms with Gasteiger partial charge in [0.05, 0.1) is 11.0 Å². The number of aromatic amines is 1. The maximum Gasteiger partial charge on any atom is 0.106 e. The molecule has 1 N–H and O–H groups in total. The van der Waals surface area contributed by atoms with Gasteiger partial charge in [-0.1, -0.05) is 25.1 Å². The lowest BCUT2D eigenvalue weighted by atomic mass is 10.1. The Labute approximate surface area is 108 Å². The number of thiophene rings is 1. The third-order valence-corrected chi connectivity index (χ3v) is 4.51. The van der Waals surface area contributed by atoms with Crippen LogP contribution < -0.4 is 0 Å². The lowest BCUT2D eigenvalue weighted by Gasteiger charge is -1.92. The lowest BCUT2D eigenvalue weighted by Crippen LogP contribution is -1.79. The highest BCUT2D eigenvalue weighted by Gasteiger charge is 2.11. The second-order valence-corrected chi connectivity index (χ2v) is 5.55. The normalized spacial score (nSPS) is 11.8. The second kappa shape index (κ2) is 3.56. The molecule has 0 atom stereocenters. The average Bonchev–Trinajstić information content (AvgIpc) is 2.98. The molecular weight excluding hydrogens is 240 g/mol. The van der Waals surface area contributed by atoms with Crippen molar-refractivity contribution in [1.82, 2.24) is 9.97 Å². The fourth-order valence-corrected chi connectivity index (χ4v) is 3.61. The van der Waals surface area contributed by atoms with Crippen LogP contribution >= 0.6 is 11.3 Å². The smallest absolute Gasteiger partial charge is 0.106 e. The molecule has 0 unspecified atom stereocenters. The van der Waals surface area contributed by atoms with Crippen molar-refractivity contribution in [3.05, 3.63) is 42.2 Å². The minimum atomic E-state index is 0.943. The molecule has 0 spiro atoms. The average molecular weight is 252 g/mol. The summed E-state index contributed by atoms with van der Waals surface area (Å²) in [5.41, 5.74) is 2.25. The predicted octanol–water partition coefficient (Wildman–Crippen LogP) is 4.49. The number of hydrogen-bond acceptors (Lipinski definition) is 2. The molecule has 0 saturated heterocycles. The van der Waals surface area contributed by atoms with Crippen molar-refractivity contribution in [2.75, 3.05) is 0 Å². The number of benzene rings is 2. The Morgan fingerprint density at radius 3 is 2.89 bits per heavy atom. The first kappa shape index (κ1) is 10.1. The van der Waals surface area contributed by atoms with Crippen LogP contribution in [0.25, 0.3) is 31.2 Å². The van der Waals surface area contributed by atoms with E-state index in [0.29, 0.717) is 0 Å². The zero-order valence-corrected chi connectivity index (χ0v) is 10.8. The number of hydrogen-bond donors (Lipinski definition) is 1. The molecule has 18 heavy (non-hydrogen) atoms. The number of aromatic nitrogens is 2. The van der Waals surface area contributed by atoms with Crippen molar-refractivity contribution in [3.8, 4) is 0 Å². The van der Waals surface area contributed by atoms with Gasteiger partial charge in [0, 0.05) is 26.6 Å². The van der Waals surface area contributed by atoms with E-state index in [1.807, 2.05) is 11.3 Å². The first-order valence-corrected chi connectivity index (χ1v) is 6.97. The van der Waals surface area contributed by atoms with E-state index in [1.54, 1.807) is 0 Å². The van der Waals surface area contributed by atoms with Crippen LogP contribution in [0, 0.1) is 0 Å². The summed E-state index contributed by atoms with van der Waals surface area (Å²) in [5.74, 6) is 1.06. The minimum Gasteiger partial charge on any atom is -0.342 e. The SMILES string of the molecule is CCc1nc2c(ccc3sc4ccccc4c32)[nH]1. The van der Waals surface area contributed by atoms with Crippen LogP contribution in [-0.2, 0) is 6.42 Å². The van der Waals surface area contributed by atoms with Gasteiger partial charge in [-0.3, -0.25) is 0 Å². The fraction of sp³-hybridized carbons (Fsp3) is 0.133. The lowest BCUT2D eigenvalue weighted by molar-refractivity contribution is 1.00. The van der Waals surface area contributed by atoms with E-state index in [9.17, 15) is 0 Å². The summed E-state index contributed by atoms with van der Waals surface area (Å²) < 4.78 is 2.65. The Balaban J connectivity index is 2.28. The van der Waals surface area contributed by atoms with E-state index in [0.717, 1.165) is 23.3 Å². The van der Waals surface area contributed by atoms with Crippen LogP contribution in [-0.4, -0.2) is 9.97 Å². The molecule has 0 aliphatic carbocycles. The summed E-state index contributed by atoms with van der Waals surface area (Å²) in [6.45, 7) is 2.13. The number of nitrogens with zero attached hydrogens (tertiary/aromatic N) is 1. The van der Waals surface area contributed by atoms with Gasteiger partial charge in [-0.15, -0.1) is 11.3 Å². The summed E-state index contributed by atoms with van der Waals surface area (Å²) in [4.78, 5) is 8.12. The largest absolute Gasteiger partial charge is 0.342 e. The van der Waals surface area contributed by atoms with Crippen molar-refractivity contribution >= 4 is 42.5 Å². The summed E-state index contributed by atoms with van der Waals surface area (Å²) >= 11 is 1.84. The molecule has 0 aliphatic heterocycles. The van der Waals surface area contributed by atoms with Crippen molar-refractivity contribution in [1.29, 1.82) is 0 Å². The Morgan fingerprint density at radius 1 is 1.11 bits per heavy atom. The van der Waals surface area contributed by atoms with Crippen LogP contribution in [0.1, 0.15) is 12.7 Å². The van der Waals surface area contributed by atoms with E-state index < -0.39 is 0 Å². The van der Waals surface area contributed by atoms with E-state index in [2.05, 4.69) is 48.3 Å². The highest BCUT2D eigenvalue weighted by atomic mass is 32.1. The molecule has 0 amide bonds. The zero-order chi connectivity index (χ0) is 12.1. The number of rotatable bonds is 1. The number of imidazole rings is 1. The molecule has 0 fully saturated rings. The molecule has 0 aliphatic rings. The number of aryl methyl sites for hydroxylation is 1. The van der Waals surface area contributed by atoms with Crippen molar-refractivity contribution < 1.29 is 0 Å². The van der Waals surface area contributed by atoms with Crippen LogP contribution in [0.3, 0.4) is 0 Å². The quantitative estimate of drug-likeness (QED) is 0.531. The Kier molecular flexibility index (Phi) is 2.00. The molecule has 3 heteroatoms. The molecule has 0 bridgehead atoms. The monoisotopic (exact) mass is 252 g/mol. The number of fused-ring (bicyclic) bond motifs is 5. The number of nitrogens with one attached hydrogen (secondary N) is 1. The van der Waals surface area contributed by atoms with Crippen molar-refractivity contribution in [2.45, 2.75) is 13.3 Å². The van der Waals surface area contributed by atoms with Crippen molar-refractivity contribution in [2.24, 2.45) is 0 Å². The van der Waals surface area contributed by atoms with Crippen molar-refractivity contribution in [3.63, 3.8) is 0 Å². The molecule has 0 radical (unpaired) electrons. The molecule has 2 nitrogen and oxygen atoms in total. The molecule has 0 saturated carbocycles. The summed E-state index contributed by atoms with van der Waals surface area (Å²) in [5, 5.41) is 2.61. The zero-order valence-electron chi connectivity index (χ0n) is 10.0. The predicted molar refractivity (Wildman–Crippen MR) is 78.4 cm³/mol. The molecule has 4 aromatic rings. The number of H-pyrrole nitrogens is 1. The van der Waals surface area contributed by atoms with Crippen LogP contribution in [0.5, 0.6) is 0 Å². The maximum atomic E-state index is 4.73. The molecule has 2 heterocycles. The van der Waals surface area contributed by atoms with E-state index in [4.69, 9.17) is 4.98 Å². The third kappa shape index (κ3) is 1.25. The maximum absolute atomic E-state index is 4.73. The van der Waals surface area contributed by atoms with Crippen LogP contribution in [0.4, 0.5) is 0 Å². The summed E-state index contributed by atoms with van der Waals surface area (Å²) in [7, 11) is 0. The first-order chi connectivity index (χ1) is 8.86. The van der Waals surface area contributed by atoms with Gasteiger partial charge in [-0.05, 0) is 18.2 Å². The topological polar surface area (TPSA) is 28.7 Å². The van der Waals surface area contributed by atoms with Gasteiger partial charge in [0.2, 0.25) is 0 Å². The van der Waals surface area contributed by atoms with Crippen LogP contribution in [0.2, 0.25) is 0 Å². The molecule has 2 aromatic carbocycles. The molecule has 88 valence electrons. The Hall–Kier alpha value is -1.87. The van der Waals surface area contributed by atoms with Gasteiger partial charge in [0.1, 0.15) is 5.82 Å². The second-order valence-electron chi connectivity index (χ2n) is 4.47. The van der Waals surface area contributed by atoms with E-state index >= 15 is 0 Å². The highest BCUT2D eigenvalue weighted by Crippen LogP contribution is 2.37. The van der Waals surface area contributed by atoms with E-state index in [1.165, 1.54) is 20.2 Å². The van der Waals surface area contributed by atoms with Gasteiger partial charge in [-0.25, -0.2) is 4.98 Å². The summed E-state index contributed by atoms with van der Waals surface area (Å²) in [6, 6.07) is 12.9. The minimum absolute atomic E-state index is 0.943. The third-order valence-electron chi connectivity index (χ3n) is 3.38. The standard InChI is InChI=1S/C15H12N2S/c1-2-13-16-10-7-8-12-14(15(10)17-13)9-5-3-4-6-11(9)18-12/h3-8H,2H2,1H3,(H,16,17). The van der Waals surface area contributed by atoms with Gasteiger partial charge < -0.3 is 4.98 Å². The Bertz CT molecular complexity index is 870. The van der Waals surface area contributed by atoms with E-state index in [-0.39, 0.29) is 0 Å². The molecule has 4 rings (SSSR count). The van der Waals surface area contributed by atoms with Gasteiger partial charge in [0.15, 0.2) is 0 Å². The van der Waals surface area contributed by atoms with Gasteiger partial charge >= 0.3 is 0 Å². The molecule has 2 aromatic heterocycles.